The number of benzene rings is 9. The summed E-state index contributed by atoms with van der Waals surface area (Å²) in [6.45, 7) is 25.3. The molecule has 2 aromatic heterocycles. The average Bonchev–Trinajstić information content (AvgIpc) is 3.89. The number of para-hydroxylation sites is 4. The van der Waals surface area contributed by atoms with Gasteiger partial charge in [0.25, 0.3) is 6.71 Å². The van der Waals surface area contributed by atoms with Crippen LogP contribution in [-0.4, -0.2) is 11.3 Å². The first-order valence-electron chi connectivity index (χ1n) is 25.7. The molecule has 2 aliphatic heterocycles. The average molecular weight is 934 g/mol. The van der Waals surface area contributed by atoms with Gasteiger partial charge < -0.3 is 18.8 Å². The summed E-state index contributed by atoms with van der Waals surface area (Å²) in [5.74, 6) is 0. The molecule has 0 amide bonds. The molecule has 0 atom stereocenters. The molecular weight excluding hydrogens is 874 g/mol. The van der Waals surface area contributed by atoms with Crippen molar-refractivity contribution >= 4 is 101 Å². The van der Waals surface area contributed by atoms with Crippen molar-refractivity contribution in [3.8, 4) is 16.8 Å². The Kier molecular flexibility index (Phi) is 9.59. The number of nitrogens with zero attached hydrogens (tertiary/aromatic N) is 3. The van der Waals surface area contributed by atoms with E-state index in [1.807, 2.05) is 0 Å². The smallest absolute Gasteiger partial charge is 0.252 e. The highest BCUT2D eigenvalue weighted by Crippen LogP contribution is 2.50. The second-order valence-electron chi connectivity index (χ2n) is 22.9. The van der Waals surface area contributed by atoms with E-state index in [-0.39, 0.29) is 17.5 Å². The summed E-state index contributed by atoms with van der Waals surface area (Å²) in [6.07, 6.45) is 0. The fraction of sp³-hybridized carbons (Fsp3) is 0.194. The van der Waals surface area contributed by atoms with Crippen molar-refractivity contribution in [2.45, 2.75) is 87.0 Å². The molecule has 0 N–H and O–H groups in total. The van der Waals surface area contributed by atoms with Crippen LogP contribution in [0.5, 0.6) is 0 Å². The maximum Gasteiger partial charge on any atom is 0.252 e. The largest absolute Gasteiger partial charge is 0.455 e. The molecule has 0 spiro atoms. The standard InChI is InChI=1S/C67H60BN3O/c1-39-32-59-62-60(33-39)71(64-42(4)34-44(35-43(64)5)48-22-17-23-51-50-21-13-15-25-61(50)72-65(48)51)58-38-57-52(49-20-12-14-24-55(49)69(57)47-29-26-45(27-30-47)66(6,7)8)37-54(58)68(62)53-36-46(67(9,10)11)28-31-56(53)70(59)63-40(2)18-16-19-41(63)3/h12-38H,1-11H3. The summed E-state index contributed by atoms with van der Waals surface area (Å²) in [5, 5.41) is 4.79. The number of hydrogen-bond acceptors (Lipinski definition) is 3. The Morgan fingerprint density at radius 2 is 1.01 bits per heavy atom. The molecule has 4 nitrogen and oxygen atoms in total. The van der Waals surface area contributed by atoms with Crippen molar-refractivity contribution in [3.63, 3.8) is 0 Å². The first kappa shape index (κ1) is 44.2. The van der Waals surface area contributed by atoms with Crippen LogP contribution in [0, 0.1) is 34.6 Å². The van der Waals surface area contributed by atoms with E-state index < -0.39 is 0 Å². The van der Waals surface area contributed by atoms with Crippen LogP contribution in [0.1, 0.15) is 80.5 Å². The second-order valence-corrected chi connectivity index (χ2v) is 22.9. The molecule has 4 heterocycles. The minimum Gasteiger partial charge on any atom is -0.455 e. The summed E-state index contributed by atoms with van der Waals surface area (Å²) in [6, 6.07) is 62.1. The maximum atomic E-state index is 6.65. The van der Waals surface area contributed by atoms with Gasteiger partial charge in [0.15, 0.2) is 0 Å². The summed E-state index contributed by atoms with van der Waals surface area (Å²) in [7, 11) is 0. The van der Waals surface area contributed by atoms with E-state index >= 15 is 0 Å². The predicted molar refractivity (Wildman–Crippen MR) is 309 cm³/mol. The van der Waals surface area contributed by atoms with Crippen LogP contribution in [0.3, 0.4) is 0 Å². The van der Waals surface area contributed by atoms with E-state index in [2.05, 4.69) is 254 Å². The first-order valence-corrected chi connectivity index (χ1v) is 25.7. The molecule has 72 heavy (non-hydrogen) atoms. The topological polar surface area (TPSA) is 24.6 Å². The van der Waals surface area contributed by atoms with E-state index in [1.54, 1.807) is 0 Å². The number of anilines is 6. The number of rotatable bonds is 4. The summed E-state index contributed by atoms with van der Waals surface area (Å²) in [4.78, 5) is 5.24. The normalized spacial score (nSPS) is 13.4. The van der Waals surface area contributed by atoms with Crippen molar-refractivity contribution in [3.05, 3.63) is 203 Å². The van der Waals surface area contributed by atoms with Crippen LogP contribution in [0.25, 0.3) is 60.6 Å². The third kappa shape index (κ3) is 6.52. The van der Waals surface area contributed by atoms with Crippen LogP contribution in [0.15, 0.2) is 168 Å². The van der Waals surface area contributed by atoms with Crippen LogP contribution in [0.4, 0.5) is 34.1 Å². The highest BCUT2D eigenvalue weighted by Gasteiger charge is 2.45. The summed E-state index contributed by atoms with van der Waals surface area (Å²) < 4.78 is 9.15. The molecule has 9 aromatic carbocycles. The Bertz CT molecular complexity index is 4040. The highest BCUT2D eigenvalue weighted by molar-refractivity contribution is 7.00. The molecule has 0 unspecified atom stereocenters. The number of aryl methyl sites for hydroxylation is 5. The van der Waals surface area contributed by atoms with Gasteiger partial charge in [0.2, 0.25) is 0 Å². The Balaban J connectivity index is 1.14. The lowest BCUT2D eigenvalue weighted by atomic mass is 9.33. The van der Waals surface area contributed by atoms with Crippen molar-refractivity contribution in [2.24, 2.45) is 0 Å². The van der Waals surface area contributed by atoms with E-state index in [0.29, 0.717) is 0 Å². The molecule has 5 heteroatoms. The fourth-order valence-corrected chi connectivity index (χ4v) is 12.5. The molecule has 0 aliphatic carbocycles. The van der Waals surface area contributed by atoms with Gasteiger partial charge in [-0.05, 0) is 167 Å². The number of aromatic nitrogens is 1. The zero-order valence-corrected chi connectivity index (χ0v) is 43.4. The molecule has 2 aliphatic rings. The van der Waals surface area contributed by atoms with Crippen molar-refractivity contribution in [1.29, 1.82) is 0 Å². The molecule has 0 saturated heterocycles. The zero-order valence-electron chi connectivity index (χ0n) is 43.4. The van der Waals surface area contributed by atoms with Crippen molar-refractivity contribution < 1.29 is 4.42 Å². The van der Waals surface area contributed by atoms with Gasteiger partial charge in [-0.15, -0.1) is 0 Å². The molecular formula is C67H60BN3O. The lowest BCUT2D eigenvalue weighted by Crippen LogP contribution is -2.61. The summed E-state index contributed by atoms with van der Waals surface area (Å²) >= 11 is 0. The van der Waals surface area contributed by atoms with Crippen molar-refractivity contribution in [2.75, 3.05) is 9.80 Å². The first-order chi connectivity index (χ1) is 34.5. The number of fused-ring (bicyclic) bond motifs is 10. The molecule has 13 rings (SSSR count). The van der Waals surface area contributed by atoms with Crippen LogP contribution in [-0.2, 0) is 10.8 Å². The van der Waals surface area contributed by atoms with Crippen LogP contribution in [0.2, 0.25) is 0 Å². The Labute approximate surface area is 424 Å². The number of furan rings is 1. The van der Waals surface area contributed by atoms with E-state index in [1.165, 1.54) is 111 Å². The molecule has 0 saturated carbocycles. The monoisotopic (exact) mass is 933 g/mol. The van der Waals surface area contributed by atoms with E-state index in [0.717, 1.165) is 38.8 Å². The second kappa shape index (κ2) is 15.6. The zero-order chi connectivity index (χ0) is 49.7. The molecule has 11 aromatic rings. The van der Waals surface area contributed by atoms with E-state index in [9.17, 15) is 0 Å². The lowest BCUT2D eigenvalue weighted by Gasteiger charge is -2.46. The number of hydrogen-bond donors (Lipinski definition) is 0. The van der Waals surface area contributed by atoms with Crippen molar-refractivity contribution in [1.82, 2.24) is 4.57 Å². The minimum atomic E-state index is -0.0546. The molecule has 352 valence electrons. The van der Waals surface area contributed by atoms with Gasteiger partial charge in [-0.2, -0.15) is 0 Å². The van der Waals surface area contributed by atoms with Gasteiger partial charge in [-0.25, -0.2) is 0 Å². The molecule has 0 radical (unpaired) electrons. The third-order valence-electron chi connectivity index (χ3n) is 16.0. The van der Waals surface area contributed by atoms with Crippen LogP contribution < -0.4 is 26.2 Å². The van der Waals surface area contributed by atoms with Crippen LogP contribution >= 0.6 is 0 Å². The Morgan fingerprint density at radius 3 is 1.71 bits per heavy atom. The quantitative estimate of drug-likeness (QED) is 0.164. The minimum absolute atomic E-state index is 0.0390. The van der Waals surface area contributed by atoms with E-state index in [4.69, 9.17) is 4.42 Å². The lowest BCUT2D eigenvalue weighted by molar-refractivity contribution is 0.590. The Morgan fingerprint density at radius 1 is 0.431 bits per heavy atom. The summed E-state index contributed by atoms with van der Waals surface area (Å²) in [5.41, 5.74) is 27.8. The van der Waals surface area contributed by atoms with Gasteiger partial charge in [-0.1, -0.05) is 145 Å². The molecule has 0 bridgehead atoms. The van der Waals surface area contributed by atoms with Gasteiger partial charge >= 0.3 is 0 Å². The van der Waals surface area contributed by atoms with Gasteiger partial charge in [0, 0.05) is 55.5 Å². The fourth-order valence-electron chi connectivity index (χ4n) is 12.5. The highest BCUT2D eigenvalue weighted by atomic mass is 16.3. The Hall–Kier alpha value is -7.76. The SMILES string of the molecule is Cc1cc2c3c(c1)N(c1c(C)cc(-c4cccc5c4oc4ccccc45)cc1C)c1cc4c(cc1B3c1cc(C(C)(C)C)ccc1N2c1c(C)cccc1C)c1ccccc1n4-c1ccc(C(C)(C)C)cc1. The van der Waals surface area contributed by atoms with Gasteiger partial charge in [-0.3, -0.25) is 0 Å². The molecule has 0 fully saturated rings. The van der Waals surface area contributed by atoms with Gasteiger partial charge in [0.1, 0.15) is 11.2 Å². The predicted octanol–water partition coefficient (Wildman–Crippen LogP) is 16.6. The maximum absolute atomic E-state index is 6.65. The van der Waals surface area contributed by atoms with Gasteiger partial charge in [0.05, 0.1) is 22.4 Å². The third-order valence-corrected chi connectivity index (χ3v) is 16.0.